The topological polar surface area (TPSA) is 83.6 Å². The lowest BCUT2D eigenvalue weighted by Crippen LogP contribution is -2.16. The molecule has 2 aromatic heterocycles. The minimum absolute atomic E-state index is 0.137. The monoisotopic (exact) mass is 357 g/mol. The van der Waals surface area contributed by atoms with Crippen LogP contribution < -0.4 is 5.32 Å². The molecule has 0 unspecified atom stereocenters. The first-order valence-electron chi connectivity index (χ1n) is 8.07. The number of fused-ring (bicyclic) bond motifs is 1. The van der Waals surface area contributed by atoms with Crippen LogP contribution in [0.1, 0.15) is 15.9 Å². The number of pyridine rings is 1. The highest BCUT2D eigenvalue weighted by Gasteiger charge is 2.17. The van der Waals surface area contributed by atoms with Crippen molar-refractivity contribution in [1.82, 2.24) is 14.8 Å². The van der Waals surface area contributed by atoms with Crippen LogP contribution in [0.2, 0.25) is 0 Å². The van der Waals surface area contributed by atoms with Gasteiger partial charge >= 0.3 is 0 Å². The van der Waals surface area contributed by atoms with E-state index in [-0.39, 0.29) is 16.9 Å². The van der Waals surface area contributed by atoms with Crippen LogP contribution in [0.3, 0.4) is 0 Å². The summed E-state index contributed by atoms with van der Waals surface area (Å²) in [7, 11) is 0. The van der Waals surface area contributed by atoms with Gasteiger partial charge in [0.2, 0.25) is 0 Å². The summed E-state index contributed by atoms with van der Waals surface area (Å²) in [6.07, 6.45) is 1.35. The second-order valence-electron chi connectivity index (χ2n) is 5.76. The van der Waals surface area contributed by atoms with Gasteiger partial charge in [0, 0.05) is 10.9 Å². The highest BCUT2D eigenvalue weighted by molar-refractivity contribution is 6.04. The van der Waals surface area contributed by atoms with Crippen molar-refractivity contribution in [3.8, 4) is 11.9 Å². The number of hydrogen-bond donors (Lipinski definition) is 1. The normalized spacial score (nSPS) is 10.5. The zero-order chi connectivity index (χ0) is 18.8. The van der Waals surface area contributed by atoms with E-state index in [1.807, 2.05) is 36.4 Å². The Balaban J connectivity index is 1.75. The summed E-state index contributed by atoms with van der Waals surface area (Å²) in [5, 5.41) is 17.1. The van der Waals surface area contributed by atoms with Gasteiger partial charge in [-0.2, -0.15) is 15.0 Å². The number of amides is 1. The number of halogens is 1. The molecule has 0 fully saturated rings. The van der Waals surface area contributed by atoms with E-state index in [1.165, 1.54) is 29.1 Å². The number of carbonyl (C=O) groups excluding carboxylic acids is 1. The quantitative estimate of drug-likeness (QED) is 0.606. The van der Waals surface area contributed by atoms with Crippen molar-refractivity contribution in [2.45, 2.75) is 0 Å². The largest absolute Gasteiger partial charge is 0.305 e. The third-order valence-corrected chi connectivity index (χ3v) is 4.01. The van der Waals surface area contributed by atoms with Gasteiger partial charge in [-0.3, -0.25) is 4.79 Å². The fraction of sp³-hybridized carbons (Fsp3) is 0. The molecular formula is C20H12FN5O. The number of aromatic nitrogens is 3. The van der Waals surface area contributed by atoms with Crippen molar-refractivity contribution in [2.24, 2.45) is 0 Å². The van der Waals surface area contributed by atoms with Gasteiger partial charge < -0.3 is 5.32 Å². The minimum Gasteiger partial charge on any atom is -0.305 e. The fourth-order valence-corrected chi connectivity index (χ4v) is 2.71. The summed E-state index contributed by atoms with van der Waals surface area (Å²) in [5.74, 6) is -0.444. The maximum Gasteiger partial charge on any atom is 0.256 e. The number of nitrogens with one attached hydrogen (secondary N) is 1. The average molecular weight is 357 g/mol. The van der Waals surface area contributed by atoms with Crippen molar-refractivity contribution in [1.29, 1.82) is 5.26 Å². The number of nitrogens with zero attached hydrogens (tertiary/aromatic N) is 4. The summed E-state index contributed by atoms with van der Waals surface area (Å²) in [6, 6.07) is 18.5. The number of hydrogen-bond acceptors (Lipinski definition) is 4. The molecule has 6 nitrogen and oxygen atoms in total. The summed E-state index contributed by atoms with van der Waals surface area (Å²) >= 11 is 0. The zero-order valence-corrected chi connectivity index (χ0v) is 13.9. The van der Waals surface area contributed by atoms with E-state index in [0.717, 1.165) is 17.0 Å². The molecule has 0 aliphatic heterocycles. The molecule has 0 spiro atoms. The van der Waals surface area contributed by atoms with Gasteiger partial charge in [-0.15, -0.1) is 0 Å². The lowest BCUT2D eigenvalue weighted by atomic mass is 10.2. The number of benzene rings is 2. The Morgan fingerprint density at radius 1 is 1.11 bits per heavy atom. The molecule has 0 aliphatic rings. The Hall–Kier alpha value is -4.05. The summed E-state index contributed by atoms with van der Waals surface area (Å²) < 4.78 is 14.8. The highest BCUT2D eigenvalue weighted by Crippen LogP contribution is 2.21. The van der Waals surface area contributed by atoms with Gasteiger partial charge in [0.1, 0.15) is 17.4 Å². The number of nitriles is 1. The van der Waals surface area contributed by atoms with E-state index in [4.69, 9.17) is 0 Å². The Morgan fingerprint density at radius 2 is 1.96 bits per heavy atom. The first-order valence-corrected chi connectivity index (χ1v) is 8.07. The first kappa shape index (κ1) is 16.4. The van der Waals surface area contributed by atoms with Gasteiger partial charge in [-0.25, -0.2) is 9.37 Å². The smallest absolute Gasteiger partial charge is 0.256 e. The molecule has 130 valence electrons. The molecule has 0 aliphatic carbocycles. The summed E-state index contributed by atoms with van der Waals surface area (Å²) in [5.41, 5.74) is 1.07. The van der Waals surface area contributed by atoms with Crippen molar-refractivity contribution < 1.29 is 9.18 Å². The molecular weight excluding hydrogens is 345 g/mol. The van der Waals surface area contributed by atoms with E-state index in [2.05, 4.69) is 15.4 Å². The molecule has 0 bridgehead atoms. The Morgan fingerprint density at radius 3 is 2.78 bits per heavy atom. The molecule has 4 aromatic rings. The maximum absolute atomic E-state index is 13.4. The van der Waals surface area contributed by atoms with Crippen LogP contribution in [0.4, 0.5) is 10.2 Å². The number of anilines is 1. The van der Waals surface area contributed by atoms with Crippen LogP contribution in [0.5, 0.6) is 0 Å². The number of rotatable bonds is 3. The molecule has 2 heterocycles. The lowest BCUT2D eigenvalue weighted by molar-refractivity contribution is 0.102. The van der Waals surface area contributed by atoms with E-state index in [9.17, 15) is 14.4 Å². The van der Waals surface area contributed by atoms with Crippen molar-refractivity contribution in [2.75, 3.05) is 5.32 Å². The molecule has 27 heavy (non-hydrogen) atoms. The summed E-state index contributed by atoms with van der Waals surface area (Å²) in [6.45, 7) is 0. The van der Waals surface area contributed by atoms with Gasteiger partial charge in [0.05, 0.1) is 11.7 Å². The molecule has 0 saturated heterocycles. The first-order chi connectivity index (χ1) is 13.2. The van der Waals surface area contributed by atoms with Crippen LogP contribution >= 0.6 is 0 Å². The third-order valence-electron chi connectivity index (χ3n) is 4.01. The molecule has 7 heteroatoms. The van der Waals surface area contributed by atoms with Crippen molar-refractivity contribution >= 4 is 22.6 Å². The average Bonchev–Trinajstić information content (AvgIpc) is 3.10. The minimum atomic E-state index is -0.548. The molecule has 4 rings (SSSR count). The molecule has 0 saturated carbocycles. The third kappa shape index (κ3) is 3.12. The molecule has 0 radical (unpaired) electrons. The Bertz CT molecular complexity index is 1210. The van der Waals surface area contributed by atoms with Crippen LogP contribution in [0, 0.1) is 17.1 Å². The second-order valence-corrected chi connectivity index (χ2v) is 5.76. The van der Waals surface area contributed by atoms with E-state index >= 15 is 0 Å². The predicted octanol–water partition coefficient (Wildman–Crippen LogP) is 3.68. The molecule has 1 amide bonds. The van der Waals surface area contributed by atoms with E-state index in [1.54, 1.807) is 6.07 Å². The standard InChI is InChI=1S/C20H12FN5O/c21-16-6-3-5-14(10-16)20(27)25-19-15(11-22)12-23-26(19)18-9-8-13-4-1-2-7-17(13)24-18/h1-10,12H,(H,25,27). The summed E-state index contributed by atoms with van der Waals surface area (Å²) in [4.78, 5) is 17.0. The second kappa shape index (κ2) is 6.69. The van der Waals surface area contributed by atoms with Gasteiger partial charge in [0.25, 0.3) is 5.91 Å². The SMILES string of the molecule is N#Cc1cnn(-c2ccc3ccccc3n2)c1NC(=O)c1cccc(F)c1. The Kier molecular flexibility index (Phi) is 4.07. The maximum atomic E-state index is 13.4. The highest BCUT2D eigenvalue weighted by atomic mass is 19.1. The van der Waals surface area contributed by atoms with Crippen LogP contribution in [-0.4, -0.2) is 20.7 Å². The van der Waals surface area contributed by atoms with Crippen molar-refractivity contribution in [3.63, 3.8) is 0 Å². The lowest BCUT2D eigenvalue weighted by Gasteiger charge is -2.10. The van der Waals surface area contributed by atoms with E-state index in [0.29, 0.717) is 5.82 Å². The predicted molar refractivity (Wildman–Crippen MR) is 97.9 cm³/mol. The van der Waals surface area contributed by atoms with Crippen LogP contribution in [0.15, 0.2) is 66.9 Å². The van der Waals surface area contributed by atoms with Gasteiger partial charge in [-0.05, 0) is 36.4 Å². The Labute approximate surface area is 153 Å². The molecule has 1 N–H and O–H groups in total. The number of carbonyl (C=O) groups is 1. The molecule has 2 aromatic carbocycles. The van der Waals surface area contributed by atoms with Crippen LogP contribution in [-0.2, 0) is 0 Å². The van der Waals surface area contributed by atoms with Crippen LogP contribution in [0.25, 0.3) is 16.7 Å². The van der Waals surface area contributed by atoms with Crippen molar-refractivity contribution in [3.05, 3.63) is 83.8 Å². The van der Waals surface area contributed by atoms with E-state index < -0.39 is 11.7 Å². The zero-order valence-electron chi connectivity index (χ0n) is 13.9. The van der Waals surface area contributed by atoms with Gasteiger partial charge in [-0.1, -0.05) is 24.3 Å². The molecule has 0 atom stereocenters. The number of para-hydroxylation sites is 1. The van der Waals surface area contributed by atoms with Gasteiger partial charge in [0.15, 0.2) is 11.6 Å². The fourth-order valence-electron chi connectivity index (χ4n) is 2.71.